The fourth-order valence-electron chi connectivity index (χ4n) is 1.73. The van der Waals surface area contributed by atoms with Crippen LogP contribution in [0, 0.1) is 0 Å². The molecule has 0 aliphatic carbocycles. The van der Waals surface area contributed by atoms with E-state index in [0.717, 1.165) is 18.5 Å². The summed E-state index contributed by atoms with van der Waals surface area (Å²) in [7, 11) is -2.06. The third-order valence-electron chi connectivity index (χ3n) is 2.73. The summed E-state index contributed by atoms with van der Waals surface area (Å²) in [6, 6.07) is 5.02. The summed E-state index contributed by atoms with van der Waals surface area (Å²) in [5.74, 6) is 0. The summed E-state index contributed by atoms with van der Waals surface area (Å²) in [4.78, 5) is 0.177. The van der Waals surface area contributed by atoms with Gasteiger partial charge < -0.3 is 11.1 Å². The van der Waals surface area contributed by atoms with Crippen molar-refractivity contribution >= 4 is 21.4 Å². The lowest BCUT2D eigenvalue weighted by Crippen LogP contribution is -2.19. The second kappa shape index (κ2) is 6.06. The van der Waals surface area contributed by atoms with E-state index >= 15 is 0 Å². The van der Waals surface area contributed by atoms with Crippen LogP contribution in [0.2, 0.25) is 0 Å². The molecule has 102 valence electrons. The number of benzene rings is 1. The van der Waals surface area contributed by atoms with Crippen molar-refractivity contribution in [2.24, 2.45) is 0 Å². The van der Waals surface area contributed by atoms with Crippen LogP contribution in [0.3, 0.4) is 0 Å². The first kappa shape index (κ1) is 14.8. The fourth-order valence-corrected chi connectivity index (χ4v) is 2.49. The van der Waals surface area contributed by atoms with Crippen LogP contribution in [0.15, 0.2) is 23.1 Å². The molecule has 0 aliphatic heterocycles. The number of nitrogen functional groups attached to an aromatic ring is 1. The number of nitrogens with one attached hydrogen (secondary N) is 2. The molecule has 0 saturated heterocycles. The minimum atomic E-state index is -3.43. The van der Waals surface area contributed by atoms with Crippen molar-refractivity contribution in [3.8, 4) is 0 Å². The Labute approximate surface area is 109 Å². The van der Waals surface area contributed by atoms with Crippen LogP contribution in [-0.2, 0) is 10.0 Å². The van der Waals surface area contributed by atoms with Crippen LogP contribution in [0.5, 0.6) is 0 Å². The van der Waals surface area contributed by atoms with Gasteiger partial charge in [0, 0.05) is 6.04 Å². The third kappa shape index (κ3) is 3.61. The minimum absolute atomic E-state index is 0.177. The molecule has 0 heterocycles. The number of hydrogen-bond acceptors (Lipinski definition) is 4. The van der Waals surface area contributed by atoms with Crippen molar-refractivity contribution in [3.63, 3.8) is 0 Å². The monoisotopic (exact) mass is 271 g/mol. The zero-order valence-electron chi connectivity index (χ0n) is 11.0. The molecule has 0 spiro atoms. The molecule has 4 N–H and O–H groups in total. The molecule has 0 radical (unpaired) electrons. The maximum Gasteiger partial charge on any atom is 0.240 e. The van der Waals surface area contributed by atoms with Crippen molar-refractivity contribution in [2.75, 3.05) is 18.1 Å². The van der Waals surface area contributed by atoms with Gasteiger partial charge in [-0.15, -0.1) is 0 Å². The summed E-state index contributed by atoms with van der Waals surface area (Å²) in [5, 5.41) is 3.27. The van der Waals surface area contributed by atoms with E-state index in [0.29, 0.717) is 11.7 Å². The van der Waals surface area contributed by atoms with E-state index in [-0.39, 0.29) is 4.90 Å². The molecule has 0 aliphatic rings. The molecule has 18 heavy (non-hydrogen) atoms. The van der Waals surface area contributed by atoms with Crippen molar-refractivity contribution in [1.29, 1.82) is 0 Å². The standard InChI is InChI=1S/C12H21N3O2S/c1-4-5-9(2)15-12-7-6-10(8-11(12)13)18(16,17)14-3/h6-9,14-15H,4-5,13H2,1-3H3. The van der Waals surface area contributed by atoms with Crippen molar-refractivity contribution in [1.82, 2.24) is 4.72 Å². The largest absolute Gasteiger partial charge is 0.397 e. The van der Waals surface area contributed by atoms with Gasteiger partial charge in [0.2, 0.25) is 10.0 Å². The SMILES string of the molecule is CCCC(C)Nc1ccc(S(=O)(=O)NC)cc1N. The van der Waals surface area contributed by atoms with Gasteiger partial charge in [0.05, 0.1) is 16.3 Å². The van der Waals surface area contributed by atoms with E-state index in [1.54, 1.807) is 12.1 Å². The Morgan fingerprint density at radius 2 is 2.06 bits per heavy atom. The van der Waals surface area contributed by atoms with Gasteiger partial charge in [-0.25, -0.2) is 13.1 Å². The maximum atomic E-state index is 11.6. The number of hydrogen-bond donors (Lipinski definition) is 3. The van der Waals surface area contributed by atoms with Crippen LogP contribution >= 0.6 is 0 Å². The van der Waals surface area contributed by atoms with Gasteiger partial charge in [-0.1, -0.05) is 13.3 Å². The molecule has 0 saturated carbocycles. The highest BCUT2D eigenvalue weighted by molar-refractivity contribution is 7.89. The Bertz CT molecular complexity index is 500. The van der Waals surface area contributed by atoms with Crippen LogP contribution < -0.4 is 15.8 Å². The van der Waals surface area contributed by atoms with E-state index in [2.05, 4.69) is 23.9 Å². The maximum absolute atomic E-state index is 11.6. The fraction of sp³-hybridized carbons (Fsp3) is 0.500. The topological polar surface area (TPSA) is 84.2 Å². The van der Waals surface area contributed by atoms with Crippen molar-refractivity contribution in [3.05, 3.63) is 18.2 Å². The lowest BCUT2D eigenvalue weighted by atomic mass is 10.2. The average Bonchev–Trinajstić information content (AvgIpc) is 2.32. The number of nitrogens with two attached hydrogens (primary N) is 1. The highest BCUT2D eigenvalue weighted by Crippen LogP contribution is 2.23. The first-order valence-electron chi connectivity index (χ1n) is 6.00. The Morgan fingerprint density at radius 1 is 1.39 bits per heavy atom. The first-order chi connectivity index (χ1) is 8.40. The highest BCUT2D eigenvalue weighted by Gasteiger charge is 2.13. The molecule has 1 aromatic rings. The molecular formula is C12H21N3O2S. The Morgan fingerprint density at radius 3 is 2.56 bits per heavy atom. The van der Waals surface area contributed by atoms with E-state index in [1.165, 1.54) is 13.1 Å². The van der Waals surface area contributed by atoms with E-state index < -0.39 is 10.0 Å². The van der Waals surface area contributed by atoms with Crippen molar-refractivity contribution < 1.29 is 8.42 Å². The van der Waals surface area contributed by atoms with E-state index in [9.17, 15) is 8.42 Å². The normalized spacial score (nSPS) is 13.3. The van der Waals surface area contributed by atoms with E-state index in [4.69, 9.17) is 5.73 Å². The molecule has 1 rings (SSSR count). The molecule has 5 nitrogen and oxygen atoms in total. The Hall–Kier alpha value is -1.27. The minimum Gasteiger partial charge on any atom is -0.397 e. The summed E-state index contributed by atoms with van der Waals surface area (Å²) >= 11 is 0. The van der Waals surface area contributed by atoms with Crippen LogP contribution in [0.25, 0.3) is 0 Å². The van der Waals surface area contributed by atoms with Gasteiger partial charge in [0.15, 0.2) is 0 Å². The molecule has 1 unspecified atom stereocenters. The molecule has 1 aromatic carbocycles. The van der Waals surface area contributed by atoms with Gasteiger partial charge in [0.1, 0.15) is 0 Å². The lowest BCUT2D eigenvalue weighted by Gasteiger charge is -2.16. The predicted molar refractivity (Wildman–Crippen MR) is 75.1 cm³/mol. The molecular weight excluding hydrogens is 250 g/mol. The second-order valence-electron chi connectivity index (χ2n) is 4.29. The van der Waals surface area contributed by atoms with Crippen LogP contribution in [0.1, 0.15) is 26.7 Å². The lowest BCUT2D eigenvalue weighted by molar-refractivity contribution is 0.588. The highest BCUT2D eigenvalue weighted by atomic mass is 32.2. The van der Waals surface area contributed by atoms with Crippen LogP contribution in [-0.4, -0.2) is 21.5 Å². The molecule has 1 atom stereocenters. The molecule has 0 bridgehead atoms. The summed E-state index contributed by atoms with van der Waals surface area (Å²) in [6.45, 7) is 4.19. The number of sulfonamides is 1. The van der Waals surface area contributed by atoms with Gasteiger partial charge in [-0.05, 0) is 38.6 Å². The summed E-state index contributed by atoms with van der Waals surface area (Å²) in [6.07, 6.45) is 2.12. The quantitative estimate of drug-likeness (QED) is 0.689. The van der Waals surface area contributed by atoms with E-state index in [1.807, 2.05) is 0 Å². The van der Waals surface area contributed by atoms with Crippen molar-refractivity contribution in [2.45, 2.75) is 37.6 Å². The molecule has 0 aromatic heterocycles. The zero-order chi connectivity index (χ0) is 13.8. The van der Waals surface area contributed by atoms with Gasteiger partial charge in [-0.3, -0.25) is 0 Å². The average molecular weight is 271 g/mol. The van der Waals surface area contributed by atoms with Gasteiger partial charge in [-0.2, -0.15) is 0 Å². The Balaban J connectivity index is 2.93. The molecule has 0 fully saturated rings. The van der Waals surface area contributed by atoms with Gasteiger partial charge in [0.25, 0.3) is 0 Å². The van der Waals surface area contributed by atoms with Crippen LogP contribution in [0.4, 0.5) is 11.4 Å². The molecule has 6 heteroatoms. The third-order valence-corrected chi connectivity index (χ3v) is 4.14. The first-order valence-corrected chi connectivity index (χ1v) is 7.48. The zero-order valence-corrected chi connectivity index (χ0v) is 11.8. The summed E-state index contributed by atoms with van der Waals surface area (Å²) < 4.78 is 25.5. The number of anilines is 2. The predicted octanol–water partition coefficient (Wildman–Crippen LogP) is 1.78. The summed E-state index contributed by atoms with van der Waals surface area (Å²) in [5.41, 5.74) is 7.07. The number of rotatable bonds is 6. The Kier molecular flexibility index (Phi) is 4.98. The van der Waals surface area contributed by atoms with Gasteiger partial charge >= 0.3 is 0 Å². The molecule has 0 amide bonds. The smallest absolute Gasteiger partial charge is 0.240 e. The second-order valence-corrected chi connectivity index (χ2v) is 6.18.